The highest BCUT2D eigenvalue weighted by Crippen LogP contribution is 2.61. The van der Waals surface area contributed by atoms with Gasteiger partial charge in [-0.2, -0.15) is 0 Å². The van der Waals surface area contributed by atoms with E-state index in [0.717, 1.165) is 6.42 Å². The van der Waals surface area contributed by atoms with Crippen molar-refractivity contribution < 1.29 is 24.2 Å². The fraction of sp³-hybridized carbons (Fsp3) is 0.708. The van der Waals surface area contributed by atoms with Crippen molar-refractivity contribution in [3.8, 4) is 0 Å². The van der Waals surface area contributed by atoms with Crippen LogP contribution in [0.3, 0.4) is 0 Å². The number of carbonyl (C=O) groups is 3. The van der Waals surface area contributed by atoms with E-state index in [1.54, 1.807) is 9.80 Å². The van der Waals surface area contributed by atoms with Crippen LogP contribution in [-0.4, -0.2) is 80.1 Å². The zero-order chi connectivity index (χ0) is 23.4. The molecule has 2 amide bonds. The number of rotatable bonds is 4. The summed E-state index contributed by atoms with van der Waals surface area (Å²) in [4.78, 5) is 44.6. The number of cyclic esters (lactones) is 1. The molecule has 1 unspecified atom stereocenters. The Morgan fingerprint density at radius 1 is 1.25 bits per heavy atom. The second-order valence-corrected chi connectivity index (χ2v) is 11.8. The molecule has 0 bridgehead atoms. The number of likely N-dealkylation sites (tertiary alicyclic amines) is 1. The van der Waals surface area contributed by atoms with Crippen molar-refractivity contribution in [1.29, 1.82) is 0 Å². The monoisotopic (exact) mass is 462 g/mol. The fourth-order valence-electron chi connectivity index (χ4n) is 5.68. The lowest BCUT2D eigenvalue weighted by Gasteiger charge is -2.43. The van der Waals surface area contributed by atoms with Gasteiger partial charge in [-0.15, -0.1) is 11.8 Å². The van der Waals surface area contributed by atoms with Crippen LogP contribution in [0.2, 0.25) is 0 Å². The first-order valence-electron chi connectivity index (χ1n) is 11.5. The molecule has 7 atom stereocenters. The first-order valence-corrected chi connectivity index (χ1v) is 12.4. The summed E-state index contributed by atoms with van der Waals surface area (Å²) in [5, 5.41) is 10.1. The van der Waals surface area contributed by atoms with Gasteiger partial charge in [-0.1, -0.05) is 44.6 Å². The smallest absolute Gasteiger partial charge is 0.311 e. The molecule has 0 aromatic carbocycles. The molecule has 2 fully saturated rings. The van der Waals surface area contributed by atoms with Crippen molar-refractivity contribution in [3.63, 3.8) is 0 Å². The van der Waals surface area contributed by atoms with Crippen LogP contribution in [0.5, 0.6) is 0 Å². The van der Waals surface area contributed by atoms with Gasteiger partial charge < -0.3 is 19.6 Å². The van der Waals surface area contributed by atoms with Gasteiger partial charge in [-0.3, -0.25) is 14.4 Å². The van der Waals surface area contributed by atoms with Gasteiger partial charge in [0, 0.05) is 17.3 Å². The minimum atomic E-state index is -0.870. The number of nitrogens with zero attached hydrogens (tertiary/aromatic N) is 2. The van der Waals surface area contributed by atoms with Gasteiger partial charge in [-0.25, -0.2) is 0 Å². The number of hydrogen-bond acceptors (Lipinski definition) is 6. The van der Waals surface area contributed by atoms with Gasteiger partial charge in [0.15, 0.2) is 0 Å². The van der Waals surface area contributed by atoms with E-state index in [1.165, 1.54) is 11.8 Å². The lowest BCUT2D eigenvalue weighted by Crippen LogP contribution is -2.60. The molecule has 7 nitrogen and oxygen atoms in total. The Balaban J connectivity index is 1.89. The van der Waals surface area contributed by atoms with E-state index in [4.69, 9.17) is 4.74 Å². The third-order valence-electron chi connectivity index (χ3n) is 7.51. The number of amides is 2. The molecule has 32 heavy (non-hydrogen) atoms. The fourth-order valence-corrected chi connectivity index (χ4v) is 7.67. The van der Waals surface area contributed by atoms with Crippen LogP contribution in [0.1, 0.15) is 41.0 Å². The van der Waals surface area contributed by atoms with E-state index in [-0.39, 0.29) is 42.2 Å². The number of ether oxygens (including phenoxy) is 1. The molecule has 4 aliphatic heterocycles. The molecular formula is C24H34N2O5S. The standard InChI is InChI=1S/C24H34N2O5S/c1-6-14(2)15(13-27)26-19-21(29)25(23(3,4)5)11-8-10-24(19)18(20(26)28)17-16(32-24)9-7-12-31-22(17)30/h7-10,14-19,27H,6,11-13H2,1-5H3/t14-,15-,16-,17+,18-,19?,24-/m0/s1. The molecular weight excluding hydrogens is 428 g/mol. The molecule has 0 saturated carbocycles. The lowest BCUT2D eigenvalue weighted by atomic mass is 9.78. The van der Waals surface area contributed by atoms with Crippen molar-refractivity contribution in [3.05, 3.63) is 24.3 Å². The molecule has 0 radical (unpaired) electrons. The molecule has 2 saturated heterocycles. The largest absolute Gasteiger partial charge is 0.461 e. The third kappa shape index (κ3) is 3.33. The first-order chi connectivity index (χ1) is 15.1. The van der Waals surface area contributed by atoms with E-state index in [9.17, 15) is 19.5 Å². The topological polar surface area (TPSA) is 87.2 Å². The predicted octanol–water partition coefficient (Wildman–Crippen LogP) is 2.00. The zero-order valence-electron chi connectivity index (χ0n) is 19.5. The normalized spacial score (nSPS) is 36.2. The Bertz CT molecular complexity index is 865. The third-order valence-corrected chi connectivity index (χ3v) is 9.25. The number of hydrogen-bond donors (Lipinski definition) is 1. The van der Waals surface area contributed by atoms with Crippen LogP contribution in [0.15, 0.2) is 24.3 Å². The maximum absolute atomic E-state index is 14.1. The van der Waals surface area contributed by atoms with Gasteiger partial charge in [0.25, 0.3) is 0 Å². The molecule has 4 aliphatic rings. The number of fused-ring (bicyclic) bond motifs is 2. The second kappa shape index (κ2) is 8.20. The number of carbonyl (C=O) groups excluding carboxylic acids is 3. The minimum absolute atomic E-state index is 0.00437. The van der Waals surface area contributed by atoms with Gasteiger partial charge in [0.05, 0.1) is 29.2 Å². The summed E-state index contributed by atoms with van der Waals surface area (Å²) >= 11 is 1.53. The molecule has 0 aromatic rings. The number of aliphatic hydroxyl groups is 1. The van der Waals surface area contributed by atoms with Crippen molar-refractivity contribution in [2.75, 3.05) is 19.8 Å². The van der Waals surface area contributed by atoms with Gasteiger partial charge in [0.2, 0.25) is 11.8 Å². The van der Waals surface area contributed by atoms with Gasteiger partial charge >= 0.3 is 5.97 Å². The van der Waals surface area contributed by atoms with E-state index in [0.29, 0.717) is 6.54 Å². The molecule has 8 heteroatoms. The van der Waals surface area contributed by atoms with E-state index in [2.05, 4.69) is 0 Å². The van der Waals surface area contributed by atoms with Crippen molar-refractivity contribution >= 4 is 29.5 Å². The van der Waals surface area contributed by atoms with Gasteiger partial charge in [0.1, 0.15) is 12.6 Å². The maximum atomic E-state index is 14.1. The van der Waals surface area contributed by atoms with Crippen molar-refractivity contribution in [2.45, 2.75) is 68.7 Å². The average Bonchev–Trinajstić information content (AvgIpc) is 3.02. The summed E-state index contributed by atoms with van der Waals surface area (Å²) < 4.78 is 4.53. The van der Waals surface area contributed by atoms with Crippen molar-refractivity contribution in [1.82, 2.24) is 9.80 Å². The maximum Gasteiger partial charge on any atom is 0.311 e. The predicted molar refractivity (Wildman–Crippen MR) is 123 cm³/mol. The van der Waals surface area contributed by atoms with E-state index < -0.39 is 34.2 Å². The van der Waals surface area contributed by atoms with Crippen LogP contribution >= 0.6 is 11.8 Å². The molecule has 176 valence electrons. The molecule has 0 aromatic heterocycles. The summed E-state index contributed by atoms with van der Waals surface area (Å²) in [7, 11) is 0. The highest BCUT2D eigenvalue weighted by Gasteiger charge is 2.72. The molecule has 4 heterocycles. The van der Waals surface area contributed by atoms with Crippen LogP contribution in [0.25, 0.3) is 0 Å². The van der Waals surface area contributed by atoms with Crippen LogP contribution in [-0.2, 0) is 19.1 Å². The Morgan fingerprint density at radius 2 is 1.97 bits per heavy atom. The summed E-state index contributed by atoms with van der Waals surface area (Å²) in [6.45, 7) is 10.4. The number of esters is 1. The van der Waals surface area contributed by atoms with E-state index >= 15 is 0 Å². The van der Waals surface area contributed by atoms with Crippen molar-refractivity contribution in [2.24, 2.45) is 17.8 Å². The summed E-state index contributed by atoms with van der Waals surface area (Å²) in [6.07, 6.45) is 8.50. The molecule has 1 N–H and O–H groups in total. The summed E-state index contributed by atoms with van der Waals surface area (Å²) in [5.74, 6) is -2.07. The van der Waals surface area contributed by atoms with Crippen LogP contribution in [0, 0.1) is 17.8 Å². The van der Waals surface area contributed by atoms with Crippen LogP contribution in [0.4, 0.5) is 0 Å². The Labute approximate surface area is 194 Å². The SMILES string of the molecule is CC[C@H](C)[C@H](CO)N1C(=O)[C@@H]2[C@@H]3C(=O)OCC=C[C@@H]3S[C@@]23C=CCN(C(C)(C)C)C(=O)C13. The lowest BCUT2D eigenvalue weighted by molar-refractivity contribution is -0.153. The summed E-state index contributed by atoms with van der Waals surface area (Å²) in [5.41, 5.74) is -0.433. The van der Waals surface area contributed by atoms with Crippen LogP contribution < -0.4 is 0 Å². The summed E-state index contributed by atoms with van der Waals surface area (Å²) in [6, 6.07) is -1.27. The highest BCUT2D eigenvalue weighted by molar-refractivity contribution is 8.02. The number of thioether (sulfide) groups is 1. The minimum Gasteiger partial charge on any atom is -0.461 e. The Kier molecular flexibility index (Phi) is 5.99. The Morgan fingerprint density at radius 3 is 2.59 bits per heavy atom. The van der Waals surface area contributed by atoms with E-state index in [1.807, 2.05) is 58.9 Å². The zero-order valence-corrected chi connectivity index (χ0v) is 20.3. The number of aliphatic hydroxyl groups excluding tert-OH is 1. The molecule has 4 rings (SSSR count). The highest BCUT2D eigenvalue weighted by atomic mass is 32.2. The Hall–Kier alpha value is -1.80. The quantitative estimate of drug-likeness (QED) is 0.508. The average molecular weight is 463 g/mol. The molecule has 0 aliphatic carbocycles. The second-order valence-electron chi connectivity index (χ2n) is 10.3. The molecule has 1 spiro atoms. The van der Waals surface area contributed by atoms with Gasteiger partial charge in [-0.05, 0) is 26.7 Å². The first kappa shape index (κ1) is 23.4.